The number of nitrogens with zero attached hydrogens (tertiary/aromatic N) is 2. The van der Waals surface area contributed by atoms with Crippen LogP contribution in [0.15, 0.2) is 36.5 Å². The summed E-state index contributed by atoms with van der Waals surface area (Å²) in [5, 5.41) is 0. The van der Waals surface area contributed by atoms with E-state index in [2.05, 4.69) is 22.0 Å². The van der Waals surface area contributed by atoms with E-state index in [0.717, 1.165) is 37.8 Å². The predicted molar refractivity (Wildman–Crippen MR) is 93.8 cm³/mol. The molecule has 2 heterocycles. The van der Waals surface area contributed by atoms with Gasteiger partial charge >= 0.3 is 0 Å². The van der Waals surface area contributed by atoms with Gasteiger partial charge in [-0.25, -0.2) is 0 Å². The number of fused-ring (bicyclic) bond motifs is 1. The highest BCUT2D eigenvalue weighted by molar-refractivity contribution is 5.79. The van der Waals surface area contributed by atoms with Crippen molar-refractivity contribution in [2.75, 3.05) is 13.2 Å². The molecule has 1 amide bonds. The fourth-order valence-electron chi connectivity index (χ4n) is 4.30. The molecule has 0 spiro atoms. The van der Waals surface area contributed by atoms with Gasteiger partial charge in [-0.2, -0.15) is 0 Å². The molecule has 3 aliphatic rings. The number of allylic oxidation sites excluding steroid dienone is 2. The van der Waals surface area contributed by atoms with Gasteiger partial charge in [-0.15, -0.1) is 0 Å². The number of carbonyl (C=O) groups is 1. The summed E-state index contributed by atoms with van der Waals surface area (Å²) >= 11 is 0. The standard InChI is InChI=1S/C20H26N2O3/c23-20(15-6-2-1-3-7-15)22-12-13-24-19-17(22)9-10-18(19)25-14-16-8-4-5-11-21-16/h1-2,4-5,8,11,15,17-19H,3,6-7,9-10,12-14H2/t15?,17-,18+,19+/m0/s1. The average molecular weight is 342 g/mol. The molecule has 2 aliphatic carbocycles. The maximum atomic E-state index is 13.0. The van der Waals surface area contributed by atoms with Crippen LogP contribution in [0.2, 0.25) is 0 Å². The number of hydrogen-bond acceptors (Lipinski definition) is 4. The van der Waals surface area contributed by atoms with Crippen molar-refractivity contribution in [1.82, 2.24) is 9.88 Å². The summed E-state index contributed by atoms with van der Waals surface area (Å²) in [5.74, 6) is 0.463. The molecule has 25 heavy (non-hydrogen) atoms. The lowest BCUT2D eigenvalue weighted by molar-refractivity contribution is -0.156. The lowest BCUT2D eigenvalue weighted by atomic mass is 9.92. The predicted octanol–water partition coefficient (Wildman–Crippen LogP) is 2.71. The second-order valence-corrected chi connectivity index (χ2v) is 7.16. The molecule has 1 aromatic heterocycles. The number of hydrogen-bond donors (Lipinski definition) is 0. The minimum atomic E-state index is 0.000505. The summed E-state index contributed by atoms with van der Waals surface area (Å²) in [6.45, 7) is 1.82. The molecule has 5 heteroatoms. The Balaban J connectivity index is 1.38. The molecule has 134 valence electrons. The number of rotatable bonds is 4. The third-order valence-corrected chi connectivity index (χ3v) is 5.61. The van der Waals surface area contributed by atoms with Crippen LogP contribution in [0, 0.1) is 5.92 Å². The van der Waals surface area contributed by atoms with Gasteiger partial charge in [0.1, 0.15) is 6.10 Å². The van der Waals surface area contributed by atoms with E-state index in [0.29, 0.717) is 25.7 Å². The van der Waals surface area contributed by atoms with E-state index in [9.17, 15) is 4.79 Å². The largest absolute Gasteiger partial charge is 0.372 e. The van der Waals surface area contributed by atoms with Gasteiger partial charge < -0.3 is 14.4 Å². The molecule has 1 unspecified atom stereocenters. The first-order valence-electron chi connectivity index (χ1n) is 9.41. The van der Waals surface area contributed by atoms with Gasteiger partial charge in [0.05, 0.1) is 31.1 Å². The molecule has 4 atom stereocenters. The number of ether oxygens (including phenoxy) is 2. The quantitative estimate of drug-likeness (QED) is 0.790. The van der Waals surface area contributed by atoms with Gasteiger partial charge in [0.15, 0.2) is 0 Å². The third kappa shape index (κ3) is 3.62. The van der Waals surface area contributed by atoms with Crippen molar-refractivity contribution < 1.29 is 14.3 Å². The molecule has 4 rings (SSSR count). The van der Waals surface area contributed by atoms with Gasteiger partial charge in [0.2, 0.25) is 5.91 Å². The Kier molecular flexibility index (Phi) is 5.13. The van der Waals surface area contributed by atoms with Crippen LogP contribution in [-0.4, -0.2) is 47.2 Å². The maximum absolute atomic E-state index is 13.0. The van der Waals surface area contributed by atoms with E-state index in [1.807, 2.05) is 18.2 Å². The van der Waals surface area contributed by atoms with Crippen LogP contribution in [0.1, 0.15) is 37.8 Å². The van der Waals surface area contributed by atoms with Gasteiger partial charge in [-0.1, -0.05) is 18.2 Å². The zero-order valence-electron chi connectivity index (χ0n) is 14.5. The molecule has 1 aliphatic heterocycles. The number of carbonyl (C=O) groups excluding carboxylic acids is 1. The average Bonchev–Trinajstić information content (AvgIpc) is 3.10. The van der Waals surface area contributed by atoms with Crippen molar-refractivity contribution in [3.8, 4) is 0 Å². The van der Waals surface area contributed by atoms with Gasteiger partial charge in [0, 0.05) is 18.7 Å². The monoisotopic (exact) mass is 342 g/mol. The highest BCUT2D eigenvalue weighted by atomic mass is 16.5. The number of morpholine rings is 1. The Labute approximate surface area is 149 Å². The smallest absolute Gasteiger partial charge is 0.226 e. The Morgan fingerprint density at radius 2 is 2.24 bits per heavy atom. The fourth-order valence-corrected chi connectivity index (χ4v) is 4.30. The van der Waals surface area contributed by atoms with Crippen LogP contribution in [0.5, 0.6) is 0 Å². The van der Waals surface area contributed by atoms with Crippen LogP contribution in [-0.2, 0) is 20.9 Å². The second-order valence-electron chi connectivity index (χ2n) is 7.16. The van der Waals surface area contributed by atoms with Crippen LogP contribution < -0.4 is 0 Å². The van der Waals surface area contributed by atoms with Crippen molar-refractivity contribution >= 4 is 5.91 Å². The summed E-state index contributed by atoms with van der Waals surface area (Å²) in [7, 11) is 0. The summed E-state index contributed by atoms with van der Waals surface area (Å²) in [6, 6.07) is 6.02. The van der Waals surface area contributed by atoms with Gasteiger partial charge in [-0.3, -0.25) is 9.78 Å². The third-order valence-electron chi connectivity index (χ3n) is 5.61. The minimum absolute atomic E-state index is 0.000505. The molecule has 0 N–H and O–H groups in total. The normalized spacial score (nSPS) is 31.8. The summed E-state index contributed by atoms with van der Waals surface area (Å²) in [5.41, 5.74) is 0.934. The van der Waals surface area contributed by atoms with Crippen LogP contribution in [0.4, 0.5) is 0 Å². The van der Waals surface area contributed by atoms with E-state index >= 15 is 0 Å². The van der Waals surface area contributed by atoms with Crippen molar-refractivity contribution in [1.29, 1.82) is 0 Å². The van der Waals surface area contributed by atoms with Crippen molar-refractivity contribution in [2.45, 2.75) is 57.0 Å². The first-order chi connectivity index (χ1) is 12.3. The van der Waals surface area contributed by atoms with Crippen molar-refractivity contribution in [3.05, 3.63) is 42.2 Å². The molecular weight excluding hydrogens is 316 g/mol. The van der Waals surface area contributed by atoms with Crippen molar-refractivity contribution in [3.63, 3.8) is 0 Å². The zero-order valence-corrected chi connectivity index (χ0v) is 14.5. The highest BCUT2D eigenvalue weighted by Gasteiger charge is 2.45. The number of aromatic nitrogens is 1. The van der Waals surface area contributed by atoms with E-state index in [1.54, 1.807) is 6.20 Å². The first-order valence-corrected chi connectivity index (χ1v) is 9.41. The molecule has 1 saturated heterocycles. The van der Waals surface area contributed by atoms with E-state index in [1.165, 1.54) is 0 Å². The van der Waals surface area contributed by atoms with E-state index < -0.39 is 0 Å². The lowest BCUT2D eigenvalue weighted by Gasteiger charge is -2.40. The Bertz CT molecular complexity index is 619. The van der Waals surface area contributed by atoms with E-state index in [-0.39, 0.29) is 24.2 Å². The Morgan fingerprint density at radius 3 is 3.04 bits per heavy atom. The van der Waals surface area contributed by atoms with Crippen LogP contribution in [0.25, 0.3) is 0 Å². The Morgan fingerprint density at radius 1 is 1.28 bits per heavy atom. The molecule has 1 aromatic rings. The summed E-state index contributed by atoms with van der Waals surface area (Å²) in [6.07, 6.45) is 10.9. The van der Waals surface area contributed by atoms with Crippen LogP contribution in [0.3, 0.4) is 0 Å². The Hall–Kier alpha value is -1.72. The summed E-state index contributed by atoms with van der Waals surface area (Å²) < 4.78 is 12.1. The zero-order chi connectivity index (χ0) is 17.1. The molecule has 0 bridgehead atoms. The second kappa shape index (κ2) is 7.67. The van der Waals surface area contributed by atoms with Gasteiger partial charge in [0.25, 0.3) is 0 Å². The van der Waals surface area contributed by atoms with Gasteiger partial charge in [-0.05, 0) is 44.2 Å². The first kappa shape index (κ1) is 16.7. The molecule has 0 aromatic carbocycles. The molecule has 1 saturated carbocycles. The lowest BCUT2D eigenvalue weighted by Crippen LogP contribution is -2.55. The number of pyridine rings is 1. The molecular formula is C20H26N2O3. The SMILES string of the molecule is O=C(C1CC=CCC1)N1CCO[C@H]2[C@H](OCc3ccccn3)CC[C@@H]21. The summed E-state index contributed by atoms with van der Waals surface area (Å²) in [4.78, 5) is 19.4. The molecule has 0 radical (unpaired) electrons. The highest BCUT2D eigenvalue weighted by Crippen LogP contribution is 2.34. The van der Waals surface area contributed by atoms with Crippen molar-refractivity contribution in [2.24, 2.45) is 5.92 Å². The fraction of sp³-hybridized carbons (Fsp3) is 0.600. The van der Waals surface area contributed by atoms with Crippen LogP contribution >= 0.6 is 0 Å². The maximum Gasteiger partial charge on any atom is 0.226 e. The number of amides is 1. The molecule has 2 fully saturated rings. The topological polar surface area (TPSA) is 51.7 Å². The minimum Gasteiger partial charge on any atom is -0.372 e. The molecule has 5 nitrogen and oxygen atoms in total. The van der Waals surface area contributed by atoms with E-state index in [4.69, 9.17) is 9.47 Å².